The van der Waals surface area contributed by atoms with E-state index in [1.54, 1.807) is 6.92 Å². The van der Waals surface area contributed by atoms with Crippen LogP contribution < -0.4 is 34.9 Å². The molecule has 0 amide bonds. The van der Waals surface area contributed by atoms with Gasteiger partial charge in [-0.2, -0.15) is 0 Å². The number of rotatable bonds is 4. The molecule has 1 unspecified atom stereocenters. The molecular formula is C10H12NaO2PS2. The first-order chi connectivity index (χ1) is 7.06. The maximum atomic E-state index is 11.3. The maximum Gasteiger partial charge on any atom is 1.00 e. The zero-order valence-corrected chi connectivity index (χ0v) is 13.9. The van der Waals surface area contributed by atoms with Gasteiger partial charge in [-0.15, -0.1) is 17.0 Å². The molecule has 1 rings (SSSR count). The summed E-state index contributed by atoms with van der Waals surface area (Å²) in [6.45, 7) is 2.14. The largest absolute Gasteiger partial charge is 1.00 e. The summed E-state index contributed by atoms with van der Waals surface area (Å²) in [6.07, 6.45) is 0.162. The molecule has 0 aliphatic heterocycles. The van der Waals surface area contributed by atoms with Gasteiger partial charge in [0.1, 0.15) is 0 Å². The second-order valence-electron chi connectivity index (χ2n) is 2.97. The molecule has 0 saturated carbocycles. The Kier molecular flexibility index (Phi) is 8.25. The predicted octanol–water partition coefficient (Wildman–Crippen LogP) is -1.18. The third kappa shape index (κ3) is 5.35. The van der Waals surface area contributed by atoms with Crippen molar-refractivity contribution in [1.82, 2.24) is 0 Å². The Morgan fingerprint density at radius 1 is 1.44 bits per heavy atom. The van der Waals surface area contributed by atoms with Crippen LogP contribution in [0, 0.1) is 0 Å². The van der Waals surface area contributed by atoms with E-state index in [2.05, 4.69) is 0 Å². The van der Waals surface area contributed by atoms with Crippen molar-refractivity contribution in [2.24, 2.45) is 0 Å². The number of benzene rings is 1. The number of carbonyl (C=O) groups excluding carboxylic acids is 1. The second kappa shape index (κ2) is 7.91. The van der Waals surface area contributed by atoms with Gasteiger partial charge in [-0.05, 0) is 12.2 Å². The van der Waals surface area contributed by atoms with Gasteiger partial charge < -0.3 is 17.0 Å². The summed E-state index contributed by atoms with van der Waals surface area (Å²) in [5.74, 6) is -0.292. The van der Waals surface area contributed by atoms with Gasteiger partial charge in [0.15, 0.2) is 0 Å². The normalized spacial score (nSPS) is 13.4. The van der Waals surface area contributed by atoms with Gasteiger partial charge in [0.2, 0.25) is 0 Å². The van der Waals surface area contributed by atoms with E-state index in [9.17, 15) is 4.79 Å². The first-order valence-corrected chi connectivity index (χ1v) is 8.57. The van der Waals surface area contributed by atoms with E-state index in [0.29, 0.717) is 6.61 Å². The Morgan fingerprint density at radius 3 is 2.50 bits per heavy atom. The quantitative estimate of drug-likeness (QED) is 0.301. The van der Waals surface area contributed by atoms with Crippen LogP contribution in [-0.4, -0.2) is 18.7 Å². The molecule has 6 heteroatoms. The molecule has 1 atom stereocenters. The van der Waals surface area contributed by atoms with E-state index in [-0.39, 0.29) is 41.7 Å². The predicted molar refractivity (Wildman–Crippen MR) is 69.2 cm³/mol. The molecule has 0 heterocycles. The van der Waals surface area contributed by atoms with Crippen LogP contribution in [0.3, 0.4) is 0 Å². The second-order valence-corrected chi connectivity index (χ2v) is 9.59. The van der Waals surface area contributed by atoms with E-state index in [1.807, 2.05) is 30.3 Å². The standard InChI is InChI=1S/C10H13O2PS2.Na/c1-2-12-10(11)8-13(14,15)9-6-4-3-5-7-9;/h3-7H,2,8H2,1H3,(H,14,15);/q;+1/p-1. The zero-order chi connectivity index (χ0) is 11.3. The topological polar surface area (TPSA) is 26.3 Å². The Balaban J connectivity index is 0.00000225. The average Bonchev–Trinajstić information content (AvgIpc) is 2.18. The van der Waals surface area contributed by atoms with Crippen molar-refractivity contribution in [2.75, 3.05) is 12.8 Å². The molecule has 0 bridgehead atoms. The first-order valence-electron chi connectivity index (χ1n) is 4.57. The molecule has 16 heavy (non-hydrogen) atoms. The van der Waals surface area contributed by atoms with Crippen LogP contribution in [0.1, 0.15) is 6.92 Å². The number of hydrogen-bond donors (Lipinski definition) is 0. The minimum atomic E-state index is -2.19. The Morgan fingerprint density at radius 2 is 2.00 bits per heavy atom. The van der Waals surface area contributed by atoms with E-state index < -0.39 is 5.24 Å². The Hall–Kier alpha value is 0.690. The molecule has 0 spiro atoms. The van der Waals surface area contributed by atoms with Crippen LogP contribution in [0.25, 0.3) is 0 Å². The van der Waals surface area contributed by atoms with Crippen LogP contribution in [0.4, 0.5) is 0 Å². The van der Waals surface area contributed by atoms with Crippen molar-refractivity contribution in [1.29, 1.82) is 0 Å². The summed E-state index contributed by atoms with van der Waals surface area (Å²) in [4.78, 5) is 11.3. The molecule has 0 aromatic heterocycles. The van der Waals surface area contributed by atoms with E-state index >= 15 is 0 Å². The molecule has 0 aliphatic rings. The molecule has 0 radical (unpaired) electrons. The smallest absolute Gasteiger partial charge is 0.742 e. The van der Waals surface area contributed by atoms with Crippen molar-refractivity contribution in [3.05, 3.63) is 30.3 Å². The number of esters is 1. The molecule has 82 valence electrons. The van der Waals surface area contributed by atoms with Gasteiger partial charge in [-0.25, -0.2) is 0 Å². The maximum absolute atomic E-state index is 11.3. The Bertz CT molecular complexity index is 384. The third-order valence-corrected chi connectivity index (χ3v) is 5.59. The fourth-order valence-electron chi connectivity index (χ4n) is 1.12. The molecular weight excluding hydrogens is 270 g/mol. The van der Waals surface area contributed by atoms with Crippen molar-refractivity contribution in [2.45, 2.75) is 6.92 Å². The molecule has 0 fully saturated rings. The van der Waals surface area contributed by atoms with Gasteiger partial charge >= 0.3 is 35.5 Å². The monoisotopic (exact) mass is 282 g/mol. The van der Waals surface area contributed by atoms with Crippen LogP contribution in [0.15, 0.2) is 30.3 Å². The molecule has 2 nitrogen and oxygen atoms in total. The minimum Gasteiger partial charge on any atom is -0.742 e. The van der Waals surface area contributed by atoms with E-state index in [0.717, 1.165) is 5.30 Å². The fraction of sp³-hybridized carbons (Fsp3) is 0.300. The van der Waals surface area contributed by atoms with Crippen molar-refractivity contribution in [3.8, 4) is 0 Å². The van der Waals surface area contributed by atoms with Gasteiger partial charge in [-0.3, -0.25) is 4.79 Å². The molecule has 1 aromatic carbocycles. The van der Waals surface area contributed by atoms with Gasteiger partial charge in [-0.1, -0.05) is 30.3 Å². The first kappa shape index (κ1) is 16.7. The zero-order valence-electron chi connectivity index (χ0n) is 9.38. The number of hydrogen-bond acceptors (Lipinski definition) is 4. The van der Waals surface area contributed by atoms with E-state index in [1.165, 1.54) is 0 Å². The number of carbonyl (C=O) groups is 1. The van der Waals surface area contributed by atoms with Crippen LogP contribution in [0.5, 0.6) is 0 Å². The average molecular weight is 282 g/mol. The van der Waals surface area contributed by atoms with Gasteiger partial charge in [0, 0.05) is 0 Å². The summed E-state index contributed by atoms with van der Waals surface area (Å²) in [5.41, 5.74) is 0. The van der Waals surface area contributed by atoms with Crippen LogP contribution >= 0.6 is 5.24 Å². The van der Waals surface area contributed by atoms with Crippen LogP contribution in [-0.2, 0) is 33.6 Å². The summed E-state index contributed by atoms with van der Waals surface area (Å²) in [5, 5.41) is -1.28. The fourth-order valence-corrected chi connectivity index (χ4v) is 3.73. The number of ether oxygens (including phenoxy) is 1. The SMILES string of the molecule is CCOC(=O)CP(=S)([S-])c1ccccc1.[Na+]. The van der Waals surface area contributed by atoms with Crippen molar-refractivity contribution < 1.29 is 39.1 Å². The van der Waals surface area contributed by atoms with Crippen molar-refractivity contribution in [3.63, 3.8) is 0 Å². The molecule has 0 N–H and O–H groups in total. The van der Waals surface area contributed by atoms with E-state index in [4.69, 9.17) is 28.8 Å². The molecule has 0 aliphatic carbocycles. The molecule has 0 saturated heterocycles. The Labute approximate surface area is 129 Å². The summed E-state index contributed by atoms with van der Waals surface area (Å²) in [7, 11) is 0. The summed E-state index contributed by atoms with van der Waals surface area (Å²) in [6, 6.07) is 9.43. The summed E-state index contributed by atoms with van der Waals surface area (Å²) >= 11 is 10.7. The molecule has 1 aromatic rings. The minimum absolute atomic E-state index is 0. The van der Waals surface area contributed by atoms with Crippen molar-refractivity contribution >= 4 is 40.6 Å². The van der Waals surface area contributed by atoms with Crippen LogP contribution in [0.2, 0.25) is 0 Å². The van der Waals surface area contributed by atoms with Gasteiger partial charge in [0.25, 0.3) is 0 Å². The van der Waals surface area contributed by atoms with Gasteiger partial charge in [0.05, 0.1) is 12.8 Å². The summed E-state index contributed by atoms with van der Waals surface area (Å²) < 4.78 is 4.85. The third-order valence-electron chi connectivity index (χ3n) is 1.79.